The summed E-state index contributed by atoms with van der Waals surface area (Å²) in [4.78, 5) is 12.3. The van der Waals surface area contributed by atoms with Crippen molar-refractivity contribution < 1.29 is 4.79 Å². The fourth-order valence-electron chi connectivity index (χ4n) is 3.46. The largest absolute Gasteiger partial charge is 0.310 e. The molecule has 0 aromatic heterocycles. The molecule has 0 spiro atoms. The Balaban J connectivity index is 1.61. The minimum atomic E-state index is -0.234. The molecule has 0 aromatic rings. The summed E-state index contributed by atoms with van der Waals surface area (Å²) >= 11 is 1.65. The zero-order valence-corrected chi connectivity index (χ0v) is 12.5. The molecule has 19 heavy (non-hydrogen) atoms. The normalized spacial score (nSPS) is 37.8. The predicted octanol–water partition coefficient (Wildman–Crippen LogP) is 3.78. The van der Waals surface area contributed by atoms with Crippen molar-refractivity contribution in [3.63, 3.8) is 0 Å². The number of hydrogen-bond acceptors (Lipinski definition) is 3. The molecule has 1 aliphatic heterocycles. The molecule has 104 valence electrons. The van der Waals surface area contributed by atoms with E-state index in [4.69, 9.17) is 5.73 Å². The van der Waals surface area contributed by atoms with Gasteiger partial charge in [0.25, 0.3) is 0 Å². The summed E-state index contributed by atoms with van der Waals surface area (Å²) in [5, 5.41) is 2.10. The third kappa shape index (κ3) is 2.68. The van der Waals surface area contributed by atoms with Gasteiger partial charge in [-0.25, -0.2) is 0 Å². The van der Waals surface area contributed by atoms with Gasteiger partial charge in [0.2, 0.25) is 0 Å². The molecular formula is C16H23NOS. The van der Waals surface area contributed by atoms with Crippen LogP contribution in [0.15, 0.2) is 22.6 Å². The maximum Gasteiger partial charge on any atom is 0.140 e. The number of Topliss-reactive ketones (excluding diaryl/α,β-unsaturated/α-hetero) is 1. The van der Waals surface area contributed by atoms with Crippen molar-refractivity contribution >= 4 is 17.5 Å². The molecule has 2 nitrogen and oxygen atoms in total. The Hall–Kier alpha value is -0.540. The summed E-state index contributed by atoms with van der Waals surface area (Å²) in [6.07, 6.45) is 10.1. The third-order valence-electron chi connectivity index (χ3n) is 4.83. The van der Waals surface area contributed by atoms with E-state index < -0.39 is 0 Å². The smallest absolute Gasteiger partial charge is 0.140 e. The summed E-state index contributed by atoms with van der Waals surface area (Å²) in [6.45, 7) is 2.26. The first-order valence-corrected chi connectivity index (χ1v) is 8.40. The zero-order valence-electron chi connectivity index (χ0n) is 11.7. The Kier molecular flexibility index (Phi) is 3.61. The van der Waals surface area contributed by atoms with Gasteiger partial charge in [-0.1, -0.05) is 39.0 Å². The number of carbonyl (C=O) groups excluding carboxylic acids is 1. The molecule has 1 saturated carbocycles. The van der Waals surface area contributed by atoms with Crippen molar-refractivity contribution in [2.24, 2.45) is 17.6 Å². The lowest BCUT2D eigenvalue weighted by atomic mass is 9.79. The van der Waals surface area contributed by atoms with Gasteiger partial charge in [-0.05, 0) is 35.0 Å². The van der Waals surface area contributed by atoms with E-state index in [-0.39, 0.29) is 10.8 Å². The van der Waals surface area contributed by atoms with Crippen LogP contribution < -0.4 is 5.73 Å². The Bertz CT molecular complexity index is 454. The summed E-state index contributed by atoms with van der Waals surface area (Å²) in [7, 11) is 0. The molecule has 1 fully saturated rings. The highest BCUT2D eigenvalue weighted by Crippen LogP contribution is 2.54. The highest BCUT2D eigenvalue weighted by molar-refractivity contribution is 8.04. The van der Waals surface area contributed by atoms with E-state index in [1.807, 2.05) is 0 Å². The maximum absolute atomic E-state index is 12.6. The van der Waals surface area contributed by atoms with Gasteiger partial charge in [-0.2, -0.15) is 0 Å². The summed E-state index contributed by atoms with van der Waals surface area (Å²) in [5.41, 5.74) is 8.48. The van der Waals surface area contributed by atoms with Crippen molar-refractivity contribution in [2.75, 3.05) is 0 Å². The van der Waals surface area contributed by atoms with E-state index in [0.717, 1.165) is 6.42 Å². The molecule has 0 aromatic carbocycles. The summed E-state index contributed by atoms with van der Waals surface area (Å²) in [5.74, 6) is 1.27. The van der Waals surface area contributed by atoms with E-state index >= 15 is 0 Å². The SMILES string of the molecule is CC1CCCCCCC1C(=O)CC1=CSC2(N)C=C12. The standard InChI is InChI=1S/C16H23NOS/c1-11-6-4-2-3-5-7-13(11)15(18)8-12-10-19-16(17)9-14(12)16/h9-11,13H,2-8,17H2,1H3. The zero-order chi connectivity index (χ0) is 13.5. The van der Waals surface area contributed by atoms with Crippen LogP contribution in [0.25, 0.3) is 0 Å². The van der Waals surface area contributed by atoms with Crippen molar-refractivity contribution in [3.05, 3.63) is 22.6 Å². The third-order valence-corrected chi connectivity index (χ3v) is 5.96. The molecule has 3 unspecified atom stereocenters. The molecular weight excluding hydrogens is 254 g/mol. The second kappa shape index (κ2) is 5.10. The van der Waals surface area contributed by atoms with Gasteiger partial charge in [0.1, 0.15) is 10.7 Å². The Labute approximate surface area is 119 Å². The number of carbonyl (C=O) groups is 1. The van der Waals surface area contributed by atoms with Crippen LogP contribution in [-0.4, -0.2) is 10.7 Å². The predicted molar refractivity (Wildman–Crippen MR) is 80.7 cm³/mol. The summed E-state index contributed by atoms with van der Waals surface area (Å²) in [6, 6.07) is 0. The number of thioether (sulfide) groups is 1. The van der Waals surface area contributed by atoms with Crippen LogP contribution in [0.1, 0.15) is 51.9 Å². The van der Waals surface area contributed by atoms with Crippen LogP contribution in [-0.2, 0) is 4.79 Å². The highest BCUT2D eigenvalue weighted by atomic mass is 32.2. The molecule has 0 bridgehead atoms. The minimum absolute atomic E-state index is 0.234. The minimum Gasteiger partial charge on any atom is -0.310 e. The van der Waals surface area contributed by atoms with Crippen LogP contribution in [0.5, 0.6) is 0 Å². The van der Waals surface area contributed by atoms with Crippen molar-refractivity contribution in [3.8, 4) is 0 Å². The molecule has 3 aliphatic rings. The first-order chi connectivity index (χ1) is 9.10. The fourth-order valence-corrected chi connectivity index (χ4v) is 4.45. The molecule has 1 heterocycles. The van der Waals surface area contributed by atoms with Gasteiger partial charge in [-0.3, -0.25) is 4.79 Å². The topological polar surface area (TPSA) is 43.1 Å². The van der Waals surface area contributed by atoms with Crippen LogP contribution in [0.4, 0.5) is 0 Å². The van der Waals surface area contributed by atoms with Crippen LogP contribution >= 0.6 is 11.8 Å². The monoisotopic (exact) mass is 277 g/mol. The summed E-state index contributed by atoms with van der Waals surface area (Å²) < 4.78 is 0. The van der Waals surface area contributed by atoms with Crippen molar-refractivity contribution in [1.29, 1.82) is 0 Å². The Morgan fingerprint density at radius 1 is 1.37 bits per heavy atom. The van der Waals surface area contributed by atoms with E-state index in [0.29, 0.717) is 18.1 Å². The Morgan fingerprint density at radius 3 is 2.74 bits per heavy atom. The van der Waals surface area contributed by atoms with Gasteiger partial charge >= 0.3 is 0 Å². The average Bonchev–Trinajstić information content (AvgIpc) is 2.93. The van der Waals surface area contributed by atoms with Gasteiger partial charge in [0.05, 0.1) is 0 Å². The quantitative estimate of drug-likeness (QED) is 0.853. The average molecular weight is 277 g/mol. The van der Waals surface area contributed by atoms with E-state index in [9.17, 15) is 4.79 Å². The maximum atomic E-state index is 12.6. The lowest BCUT2D eigenvalue weighted by Gasteiger charge is -2.25. The second-order valence-electron chi connectivity index (χ2n) is 6.33. The van der Waals surface area contributed by atoms with E-state index in [1.54, 1.807) is 11.8 Å². The van der Waals surface area contributed by atoms with E-state index in [2.05, 4.69) is 18.4 Å². The molecule has 0 radical (unpaired) electrons. The van der Waals surface area contributed by atoms with Crippen molar-refractivity contribution in [1.82, 2.24) is 0 Å². The van der Waals surface area contributed by atoms with Gasteiger partial charge in [-0.15, -0.1) is 11.8 Å². The lowest BCUT2D eigenvalue weighted by molar-refractivity contribution is -0.124. The highest BCUT2D eigenvalue weighted by Gasteiger charge is 2.47. The van der Waals surface area contributed by atoms with Crippen LogP contribution in [0.3, 0.4) is 0 Å². The van der Waals surface area contributed by atoms with Crippen molar-refractivity contribution in [2.45, 2.75) is 56.7 Å². The lowest BCUT2D eigenvalue weighted by Crippen LogP contribution is -2.24. The number of rotatable bonds is 3. The molecule has 3 atom stereocenters. The molecule has 3 heteroatoms. The number of fused-ring (bicyclic) bond motifs is 1. The molecule has 2 aliphatic carbocycles. The Morgan fingerprint density at radius 2 is 2.11 bits per heavy atom. The first kappa shape index (κ1) is 13.4. The number of ketones is 1. The van der Waals surface area contributed by atoms with Crippen LogP contribution in [0, 0.1) is 11.8 Å². The molecule has 0 saturated heterocycles. The molecule has 0 amide bonds. The van der Waals surface area contributed by atoms with Gasteiger partial charge in [0, 0.05) is 12.3 Å². The van der Waals surface area contributed by atoms with Gasteiger partial charge < -0.3 is 5.73 Å². The first-order valence-electron chi connectivity index (χ1n) is 7.52. The fraction of sp³-hybridized carbons (Fsp3) is 0.688. The van der Waals surface area contributed by atoms with Crippen LogP contribution in [0.2, 0.25) is 0 Å². The van der Waals surface area contributed by atoms with Gasteiger partial charge in [0.15, 0.2) is 0 Å². The molecule has 2 N–H and O–H groups in total. The molecule has 3 rings (SSSR count). The van der Waals surface area contributed by atoms with E-state index in [1.165, 1.54) is 43.3 Å². The second-order valence-corrected chi connectivity index (χ2v) is 7.48. The number of hydrogen-bond donors (Lipinski definition) is 1. The number of nitrogens with two attached hydrogens (primary N) is 1.